The number of piperidine rings is 1. The molecular formula is C30H38ClN3O6. The van der Waals surface area contributed by atoms with E-state index in [1.807, 2.05) is 27.7 Å². The standard InChI is InChI=1S/C30H38ClN3O6/c1-6-23(28(38)39)32-25(35)19-8-7-9-20(16-19)26(36)33-24(18(2)3)27(37)34-15-14-30(40,29(4,5)17-34)21-10-12-22(31)13-11-21/h7-13,16,18,23-24,40H,6,14-15,17H2,1-5H3,(H,32,35)(H,33,36)(H,38,39)/t23?,24-,30+/m1/s1. The van der Waals surface area contributed by atoms with Crippen molar-refractivity contribution in [1.29, 1.82) is 0 Å². The summed E-state index contributed by atoms with van der Waals surface area (Å²) >= 11 is 6.03. The van der Waals surface area contributed by atoms with Crippen LogP contribution in [-0.2, 0) is 15.2 Å². The lowest BCUT2D eigenvalue weighted by molar-refractivity contribution is -0.155. The Bertz CT molecular complexity index is 1260. The summed E-state index contributed by atoms with van der Waals surface area (Å²) < 4.78 is 0. The Morgan fingerprint density at radius 2 is 1.57 bits per heavy atom. The molecule has 0 saturated carbocycles. The Morgan fingerprint density at radius 3 is 2.08 bits per heavy atom. The van der Waals surface area contributed by atoms with E-state index in [-0.39, 0.29) is 35.9 Å². The fraction of sp³-hybridized carbons (Fsp3) is 0.467. The van der Waals surface area contributed by atoms with Gasteiger partial charge in [-0.1, -0.05) is 64.4 Å². The van der Waals surface area contributed by atoms with Crippen molar-refractivity contribution in [3.05, 3.63) is 70.2 Å². The molecule has 1 aliphatic heterocycles. The SMILES string of the molecule is CCC(NC(=O)c1cccc(C(=O)N[C@@H](C(=O)N2CC[C@](O)(c3ccc(Cl)cc3)C(C)(C)C2)C(C)C)c1)C(=O)O. The minimum atomic E-state index is -1.16. The van der Waals surface area contributed by atoms with Crippen molar-refractivity contribution < 1.29 is 29.4 Å². The highest BCUT2D eigenvalue weighted by molar-refractivity contribution is 6.30. The second kappa shape index (κ2) is 12.4. The molecule has 1 fully saturated rings. The lowest BCUT2D eigenvalue weighted by atomic mass is 9.66. The molecule has 3 amide bonds. The molecule has 0 aliphatic carbocycles. The van der Waals surface area contributed by atoms with E-state index in [9.17, 15) is 29.4 Å². The molecule has 2 aromatic carbocycles. The van der Waals surface area contributed by atoms with Gasteiger partial charge in [0.25, 0.3) is 11.8 Å². The number of hydrogen-bond donors (Lipinski definition) is 4. The average Bonchev–Trinajstić information content (AvgIpc) is 2.91. The number of nitrogens with zero attached hydrogens (tertiary/aromatic N) is 1. The maximum absolute atomic E-state index is 13.7. The first-order valence-electron chi connectivity index (χ1n) is 13.4. The third-order valence-electron chi connectivity index (χ3n) is 7.70. The van der Waals surface area contributed by atoms with Gasteiger partial charge < -0.3 is 25.7 Å². The number of rotatable bonds is 9. The Kier molecular flexibility index (Phi) is 9.64. The molecule has 2 aromatic rings. The number of halogens is 1. The highest BCUT2D eigenvalue weighted by Gasteiger charge is 2.50. The van der Waals surface area contributed by atoms with Crippen LogP contribution in [0.25, 0.3) is 0 Å². The minimum Gasteiger partial charge on any atom is -0.480 e. The van der Waals surface area contributed by atoms with Crippen LogP contribution in [0.3, 0.4) is 0 Å². The van der Waals surface area contributed by atoms with Crippen molar-refractivity contribution >= 4 is 35.3 Å². The lowest BCUT2D eigenvalue weighted by Gasteiger charge is -2.51. The maximum Gasteiger partial charge on any atom is 0.326 e. The largest absolute Gasteiger partial charge is 0.480 e. The van der Waals surface area contributed by atoms with Crippen molar-refractivity contribution in [2.24, 2.45) is 11.3 Å². The highest BCUT2D eigenvalue weighted by Crippen LogP contribution is 2.46. The van der Waals surface area contributed by atoms with E-state index >= 15 is 0 Å². The van der Waals surface area contributed by atoms with Crippen LogP contribution in [0.4, 0.5) is 0 Å². The van der Waals surface area contributed by atoms with Gasteiger partial charge in [-0.3, -0.25) is 14.4 Å². The van der Waals surface area contributed by atoms with Crippen LogP contribution in [0, 0.1) is 11.3 Å². The van der Waals surface area contributed by atoms with E-state index in [1.54, 1.807) is 36.1 Å². The molecule has 1 saturated heterocycles. The molecule has 1 heterocycles. The second-order valence-corrected chi connectivity index (χ2v) is 11.7. The zero-order valence-corrected chi connectivity index (χ0v) is 24.3. The molecule has 0 bridgehead atoms. The molecule has 0 aromatic heterocycles. The fourth-order valence-corrected chi connectivity index (χ4v) is 5.21. The molecule has 40 heavy (non-hydrogen) atoms. The Morgan fingerprint density at radius 1 is 1.00 bits per heavy atom. The van der Waals surface area contributed by atoms with Crippen molar-refractivity contribution in [2.75, 3.05) is 13.1 Å². The number of carboxylic acids is 1. The third-order valence-corrected chi connectivity index (χ3v) is 7.95. The lowest BCUT2D eigenvalue weighted by Crippen LogP contribution is -2.60. The van der Waals surface area contributed by atoms with Gasteiger partial charge in [0.2, 0.25) is 5.91 Å². The van der Waals surface area contributed by atoms with Gasteiger partial charge in [0.1, 0.15) is 12.1 Å². The molecule has 3 rings (SSSR count). The Balaban J connectivity index is 1.74. The van der Waals surface area contributed by atoms with Gasteiger partial charge in [-0.15, -0.1) is 0 Å². The van der Waals surface area contributed by atoms with Gasteiger partial charge in [0, 0.05) is 34.7 Å². The first-order chi connectivity index (χ1) is 18.7. The quantitative estimate of drug-likeness (QED) is 0.361. The topological polar surface area (TPSA) is 136 Å². The second-order valence-electron chi connectivity index (χ2n) is 11.3. The molecule has 3 atom stereocenters. The maximum atomic E-state index is 13.7. The number of hydrogen-bond acceptors (Lipinski definition) is 5. The number of carboxylic acid groups (broad SMARTS) is 1. The molecule has 10 heteroatoms. The van der Waals surface area contributed by atoms with Crippen LogP contribution < -0.4 is 10.6 Å². The summed E-state index contributed by atoms with van der Waals surface area (Å²) in [6.07, 6.45) is 0.530. The zero-order chi connectivity index (χ0) is 29.8. The summed E-state index contributed by atoms with van der Waals surface area (Å²) in [4.78, 5) is 52.4. The molecule has 4 N–H and O–H groups in total. The van der Waals surface area contributed by atoms with Crippen molar-refractivity contribution in [3.8, 4) is 0 Å². The molecule has 216 valence electrons. The smallest absolute Gasteiger partial charge is 0.326 e. The normalized spacial score (nSPS) is 19.9. The summed E-state index contributed by atoms with van der Waals surface area (Å²) in [5, 5.41) is 26.7. The summed E-state index contributed by atoms with van der Waals surface area (Å²) in [7, 11) is 0. The van der Waals surface area contributed by atoms with Gasteiger partial charge in [-0.2, -0.15) is 0 Å². The molecule has 1 unspecified atom stereocenters. The third kappa shape index (κ3) is 6.64. The number of aliphatic carboxylic acids is 1. The van der Waals surface area contributed by atoms with E-state index in [4.69, 9.17) is 11.6 Å². The van der Waals surface area contributed by atoms with Crippen LogP contribution in [0.2, 0.25) is 5.02 Å². The van der Waals surface area contributed by atoms with Gasteiger partial charge in [-0.25, -0.2) is 4.79 Å². The summed E-state index contributed by atoms with van der Waals surface area (Å²) in [6, 6.07) is 11.1. The molecule has 9 nitrogen and oxygen atoms in total. The van der Waals surface area contributed by atoms with Crippen molar-refractivity contribution in [3.63, 3.8) is 0 Å². The monoisotopic (exact) mass is 571 g/mol. The van der Waals surface area contributed by atoms with Crippen molar-refractivity contribution in [2.45, 2.75) is 65.1 Å². The Hall–Kier alpha value is -3.43. The van der Waals surface area contributed by atoms with Crippen LogP contribution in [-0.4, -0.2) is 64.0 Å². The van der Waals surface area contributed by atoms with Crippen LogP contribution in [0.15, 0.2) is 48.5 Å². The Labute approximate surface area is 239 Å². The first kappa shape index (κ1) is 31.1. The molecular weight excluding hydrogens is 534 g/mol. The van der Waals surface area contributed by atoms with Crippen LogP contribution in [0.1, 0.15) is 73.7 Å². The number of aliphatic hydroxyl groups is 1. The molecule has 0 radical (unpaired) electrons. The summed E-state index contributed by atoms with van der Waals surface area (Å²) in [5.74, 6) is -2.76. The first-order valence-corrected chi connectivity index (χ1v) is 13.8. The van der Waals surface area contributed by atoms with Crippen molar-refractivity contribution in [1.82, 2.24) is 15.5 Å². The predicted octanol–water partition coefficient (Wildman–Crippen LogP) is 3.83. The number of likely N-dealkylation sites (tertiary alicyclic amines) is 1. The minimum absolute atomic E-state index is 0.138. The van der Waals surface area contributed by atoms with E-state index in [0.29, 0.717) is 18.0 Å². The van der Waals surface area contributed by atoms with Gasteiger partial charge >= 0.3 is 5.97 Å². The van der Waals surface area contributed by atoms with Gasteiger partial charge in [0.05, 0.1) is 5.60 Å². The number of nitrogens with one attached hydrogen (secondary N) is 2. The summed E-state index contributed by atoms with van der Waals surface area (Å²) in [5.41, 5.74) is -0.803. The van der Waals surface area contributed by atoms with Crippen LogP contribution >= 0.6 is 11.6 Å². The highest BCUT2D eigenvalue weighted by atomic mass is 35.5. The van der Waals surface area contributed by atoms with E-state index in [1.165, 1.54) is 24.3 Å². The van der Waals surface area contributed by atoms with Crippen LogP contribution in [0.5, 0.6) is 0 Å². The van der Waals surface area contributed by atoms with Gasteiger partial charge in [0.15, 0.2) is 0 Å². The number of amides is 3. The predicted molar refractivity (Wildman–Crippen MR) is 152 cm³/mol. The number of carbonyl (C=O) groups excluding carboxylic acids is 3. The average molecular weight is 572 g/mol. The van der Waals surface area contributed by atoms with Gasteiger partial charge in [-0.05, 0) is 54.7 Å². The number of carbonyl (C=O) groups is 4. The zero-order valence-electron chi connectivity index (χ0n) is 23.5. The van der Waals surface area contributed by atoms with E-state index in [2.05, 4.69) is 10.6 Å². The molecule has 0 spiro atoms. The fourth-order valence-electron chi connectivity index (χ4n) is 5.09. The van der Waals surface area contributed by atoms with E-state index < -0.39 is 40.9 Å². The number of benzene rings is 2. The summed E-state index contributed by atoms with van der Waals surface area (Å²) in [6.45, 7) is 9.72. The molecule has 1 aliphatic rings. The van der Waals surface area contributed by atoms with E-state index in [0.717, 1.165) is 5.56 Å².